The molecule has 1 saturated carbocycles. The molecule has 6 heteroatoms. The quantitative estimate of drug-likeness (QED) is 0.548. The van der Waals surface area contributed by atoms with E-state index in [1.54, 1.807) is 17.0 Å². The van der Waals surface area contributed by atoms with E-state index in [1.807, 2.05) is 44.2 Å². The second-order valence-electron chi connectivity index (χ2n) is 8.35. The standard InChI is InChI=1S/C25H30Cl2N2O2/c1-3-23(25(31)28-20-6-4-5-7-20)29(16-19-12-13-21(26)22(27)14-19)24(30)15-18-10-8-17(2)9-11-18/h8-14,20,23H,3-7,15-16H2,1-2H3,(H,28,31)/t23-/m0/s1. The lowest BCUT2D eigenvalue weighted by Gasteiger charge is -2.31. The van der Waals surface area contributed by atoms with Crippen LogP contribution in [0.5, 0.6) is 0 Å². The minimum Gasteiger partial charge on any atom is -0.352 e. The van der Waals surface area contributed by atoms with Gasteiger partial charge < -0.3 is 10.2 Å². The Hall–Kier alpha value is -2.04. The van der Waals surface area contributed by atoms with Gasteiger partial charge >= 0.3 is 0 Å². The molecular weight excluding hydrogens is 431 g/mol. The minimum atomic E-state index is -0.534. The number of amides is 2. The third kappa shape index (κ3) is 6.47. The molecule has 0 bridgehead atoms. The number of halogens is 2. The van der Waals surface area contributed by atoms with Crippen LogP contribution in [0.3, 0.4) is 0 Å². The summed E-state index contributed by atoms with van der Waals surface area (Å²) in [6, 6.07) is 12.9. The molecule has 3 rings (SSSR count). The average Bonchev–Trinajstić information content (AvgIpc) is 3.25. The van der Waals surface area contributed by atoms with Crippen LogP contribution in [0.4, 0.5) is 0 Å². The van der Waals surface area contributed by atoms with Crippen LogP contribution >= 0.6 is 23.2 Å². The van der Waals surface area contributed by atoms with E-state index in [-0.39, 0.29) is 24.3 Å². The Morgan fingerprint density at radius 1 is 1.03 bits per heavy atom. The molecule has 1 N–H and O–H groups in total. The molecule has 0 aromatic heterocycles. The molecule has 1 atom stereocenters. The molecule has 2 aromatic rings. The second kappa shape index (κ2) is 11.0. The largest absolute Gasteiger partial charge is 0.352 e. The summed E-state index contributed by atoms with van der Waals surface area (Å²) in [4.78, 5) is 28.2. The van der Waals surface area contributed by atoms with Gasteiger partial charge in [-0.15, -0.1) is 0 Å². The molecule has 1 fully saturated rings. The molecule has 1 aliphatic rings. The smallest absolute Gasteiger partial charge is 0.243 e. The topological polar surface area (TPSA) is 49.4 Å². The monoisotopic (exact) mass is 460 g/mol. The van der Waals surface area contributed by atoms with E-state index in [4.69, 9.17) is 23.2 Å². The van der Waals surface area contributed by atoms with Gasteiger partial charge in [-0.25, -0.2) is 0 Å². The highest BCUT2D eigenvalue weighted by molar-refractivity contribution is 6.42. The zero-order valence-electron chi connectivity index (χ0n) is 18.2. The van der Waals surface area contributed by atoms with Crippen LogP contribution in [-0.4, -0.2) is 28.8 Å². The fourth-order valence-electron chi connectivity index (χ4n) is 4.10. The van der Waals surface area contributed by atoms with Gasteiger partial charge in [0.05, 0.1) is 16.5 Å². The highest BCUT2D eigenvalue weighted by Crippen LogP contribution is 2.25. The maximum atomic E-state index is 13.4. The first kappa shape index (κ1) is 23.6. The summed E-state index contributed by atoms with van der Waals surface area (Å²) in [5.74, 6) is -0.157. The molecular formula is C25H30Cl2N2O2. The maximum absolute atomic E-state index is 13.4. The van der Waals surface area contributed by atoms with Crippen LogP contribution in [0.15, 0.2) is 42.5 Å². The molecule has 0 heterocycles. The molecule has 4 nitrogen and oxygen atoms in total. The lowest BCUT2D eigenvalue weighted by Crippen LogP contribution is -2.51. The van der Waals surface area contributed by atoms with Gasteiger partial charge in [0.15, 0.2) is 0 Å². The summed E-state index contributed by atoms with van der Waals surface area (Å²) >= 11 is 12.3. The number of nitrogens with zero attached hydrogens (tertiary/aromatic N) is 1. The molecule has 0 radical (unpaired) electrons. The van der Waals surface area contributed by atoms with E-state index < -0.39 is 6.04 Å². The van der Waals surface area contributed by atoms with Crippen LogP contribution in [0, 0.1) is 6.92 Å². The van der Waals surface area contributed by atoms with Crippen molar-refractivity contribution in [3.05, 3.63) is 69.2 Å². The number of rotatable bonds is 8. The van der Waals surface area contributed by atoms with E-state index in [0.717, 1.165) is 42.4 Å². The van der Waals surface area contributed by atoms with Crippen LogP contribution in [-0.2, 0) is 22.6 Å². The highest BCUT2D eigenvalue weighted by atomic mass is 35.5. The van der Waals surface area contributed by atoms with Crippen molar-refractivity contribution in [1.29, 1.82) is 0 Å². The summed E-state index contributed by atoms with van der Waals surface area (Å²) in [5.41, 5.74) is 2.92. The van der Waals surface area contributed by atoms with Gasteiger partial charge in [-0.3, -0.25) is 9.59 Å². The second-order valence-corrected chi connectivity index (χ2v) is 9.16. The van der Waals surface area contributed by atoms with Crippen molar-refractivity contribution in [3.8, 4) is 0 Å². The van der Waals surface area contributed by atoms with Gasteiger partial charge in [0.1, 0.15) is 6.04 Å². The van der Waals surface area contributed by atoms with Gasteiger partial charge in [0.2, 0.25) is 11.8 Å². The van der Waals surface area contributed by atoms with Crippen molar-refractivity contribution in [2.45, 2.75) is 71.0 Å². The molecule has 2 aromatic carbocycles. The Morgan fingerprint density at radius 2 is 1.68 bits per heavy atom. The zero-order chi connectivity index (χ0) is 22.4. The first-order chi connectivity index (χ1) is 14.9. The first-order valence-electron chi connectivity index (χ1n) is 11.0. The van der Waals surface area contributed by atoms with Gasteiger partial charge in [-0.05, 0) is 49.4 Å². The summed E-state index contributed by atoms with van der Waals surface area (Å²) in [5, 5.41) is 4.07. The maximum Gasteiger partial charge on any atom is 0.243 e. The Labute approximate surface area is 194 Å². The number of hydrogen-bond donors (Lipinski definition) is 1. The molecule has 0 saturated heterocycles. The molecule has 1 aliphatic carbocycles. The molecule has 0 spiro atoms. The molecule has 2 amide bonds. The Balaban J connectivity index is 1.83. The van der Waals surface area contributed by atoms with Gasteiger partial charge in [0.25, 0.3) is 0 Å². The number of hydrogen-bond acceptors (Lipinski definition) is 2. The lowest BCUT2D eigenvalue weighted by atomic mass is 10.1. The Kier molecular flexibility index (Phi) is 8.39. The van der Waals surface area contributed by atoms with E-state index >= 15 is 0 Å². The van der Waals surface area contributed by atoms with Crippen molar-refractivity contribution in [2.75, 3.05) is 0 Å². The molecule has 0 unspecified atom stereocenters. The molecule has 166 valence electrons. The third-order valence-corrected chi connectivity index (χ3v) is 6.64. The summed E-state index contributed by atoms with van der Waals surface area (Å²) in [6.07, 6.45) is 5.08. The van der Waals surface area contributed by atoms with Gasteiger partial charge in [0, 0.05) is 12.6 Å². The predicted molar refractivity (Wildman–Crippen MR) is 126 cm³/mol. The van der Waals surface area contributed by atoms with Crippen molar-refractivity contribution in [3.63, 3.8) is 0 Å². The molecule has 31 heavy (non-hydrogen) atoms. The lowest BCUT2D eigenvalue weighted by molar-refractivity contribution is -0.141. The first-order valence-corrected chi connectivity index (χ1v) is 11.7. The predicted octanol–water partition coefficient (Wildman–Crippen LogP) is 5.71. The minimum absolute atomic E-state index is 0.0771. The number of carbonyl (C=O) groups is 2. The SMILES string of the molecule is CC[C@@H](C(=O)NC1CCCC1)N(Cc1ccc(Cl)c(Cl)c1)C(=O)Cc1ccc(C)cc1. The summed E-state index contributed by atoms with van der Waals surface area (Å²) < 4.78 is 0. The third-order valence-electron chi connectivity index (χ3n) is 5.90. The van der Waals surface area contributed by atoms with Gasteiger partial charge in [-0.1, -0.05) is 78.9 Å². The zero-order valence-corrected chi connectivity index (χ0v) is 19.7. The van der Waals surface area contributed by atoms with Crippen molar-refractivity contribution in [2.24, 2.45) is 0 Å². The number of carbonyl (C=O) groups excluding carboxylic acids is 2. The van der Waals surface area contributed by atoms with E-state index in [2.05, 4.69) is 5.32 Å². The Morgan fingerprint density at radius 3 is 2.29 bits per heavy atom. The van der Waals surface area contributed by atoms with Crippen molar-refractivity contribution in [1.82, 2.24) is 10.2 Å². The Bertz CT molecular complexity index is 908. The normalized spacial score (nSPS) is 15.0. The summed E-state index contributed by atoms with van der Waals surface area (Å²) in [7, 11) is 0. The highest BCUT2D eigenvalue weighted by Gasteiger charge is 2.30. The van der Waals surface area contributed by atoms with Crippen molar-refractivity contribution >= 4 is 35.0 Å². The summed E-state index contributed by atoms with van der Waals surface area (Å²) in [6.45, 7) is 4.26. The average molecular weight is 461 g/mol. The number of benzene rings is 2. The fourth-order valence-corrected chi connectivity index (χ4v) is 4.42. The van der Waals surface area contributed by atoms with E-state index in [0.29, 0.717) is 23.0 Å². The van der Waals surface area contributed by atoms with Crippen LogP contribution in [0.25, 0.3) is 0 Å². The number of nitrogens with one attached hydrogen (secondary N) is 1. The van der Waals surface area contributed by atoms with Crippen LogP contribution < -0.4 is 5.32 Å². The molecule has 0 aliphatic heterocycles. The number of aryl methyl sites for hydroxylation is 1. The van der Waals surface area contributed by atoms with E-state index in [9.17, 15) is 9.59 Å². The van der Waals surface area contributed by atoms with E-state index in [1.165, 1.54) is 0 Å². The van der Waals surface area contributed by atoms with Crippen molar-refractivity contribution < 1.29 is 9.59 Å². The van der Waals surface area contributed by atoms with Gasteiger partial charge in [-0.2, -0.15) is 0 Å². The van der Waals surface area contributed by atoms with Crippen LogP contribution in [0.2, 0.25) is 10.0 Å². The fraction of sp³-hybridized carbons (Fsp3) is 0.440. The van der Waals surface area contributed by atoms with Crippen LogP contribution in [0.1, 0.15) is 55.7 Å².